The van der Waals surface area contributed by atoms with E-state index in [1.807, 2.05) is 24.3 Å². The molecule has 544 valence electrons. The maximum atomic E-state index is 6.39. The Morgan fingerprint density at radius 2 is 0.581 bits per heavy atom. The molecule has 0 saturated carbocycles. The average Bonchev–Trinajstić information content (AvgIpc) is 1.51. The van der Waals surface area contributed by atoms with E-state index >= 15 is 0 Å². The molecule has 0 atom stereocenters. The Labute approximate surface area is 681 Å². The van der Waals surface area contributed by atoms with Crippen LogP contribution in [-0.2, 0) is 10.8 Å². The third-order valence-corrected chi connectivity index (χ3v) is 26.3. The molecule has 3 heterocycles. The molecule has 0 saturated heterocycles. The third-order valence-electron chi connectivity index (χ3n) is 25.7. The average molecular weight is 1510 g/mol. The standard InChI is InChI=1S/C110H67N5OS/c1-2-20-77(21-3-1)113(78-54-56-80(57-55-78)115-102-34-16-18-36-105(102)116-106-37-19-17-35-103(106)115)104-63-60-81(107-108(104)112-117-111-107)72-46-52-79(53-47-72)114-100-61-50-73(68-38-42-70(43-39-68)75-48-58-88-86-26-8-14-32-96(86)109(98(88)66-75)92-28-10-4-22-82(92)83-23-5-11-29-93(83)109)64-90(100)91-65-74(51-62-101(91)114)69-40-44-71(45-41-69)76-49-59-89-87-27-9-15-33-97(87)110(99(89)67-76)94-30-12-6-24-84(94)85-25-7-13-31-95(85)110/h1-67H. The molecule has 6 nitrogen and oxygen atoms in total. The lowest BCUT2D eigenvalue weighted by Crippen LogP contribution is -2.25. The number of aromatic nitrogens is 3. The highest BCUT2D eigenvalue weighted by Gasteiger charge is 2.53. The van der Waals surface area contributed by atoms with Gasteiger partial charge in [0, 0.05) is 39.1 Å². The number of fused-ring (bicyclic) bond motifs is 26. The molecule has 2 aromatic heterocycles. The number of para-hydroxylation sites is 5. The maximum Gasteiger partial charge on any atom is 0.151 e. The van der Waals surface area contributed by atoms with Crippen molar-refractivity contribution in [3.05, 3.63) is 451 Å². The van der Waals surface area contributed by atoms with Crippen LogP contribution in [0.25, 0.3) is 139 Å². The lowest BCUT2D eigenvalue weighted by molar-refractivity contribution is 0.477. The second-order valence-corrected chi connectivity index (χ2v) is 32.0. The second kappa shape index (κ2) is 25.2. The van der Waals surface area contributed by atoms with E-state index in [9.17, 15) is 0 Å². The van der Waals surface area contributed by atoms with Crippen LogP contribution in [0.15, 0.2) is 406 Å². The van der Waals surface area contributed by atoms with Gasteiger partial charge in [-0.05, 0) is 260 Å². The molecule has 25 rings (SSSR count). The van der Waals surface area contributed by atoms with Crippen molar-refractivity contribution in [3.63, 3.8) is 0 Å². The number of benzene rings is 18. The fourth-order valence-electron chi connectivity index (χ4n) is 20.7. The number of rotatable bonds is 10. The van der Waals surface area contributed by atoms with Crippen LogP contribution >= 0.6 is 11.7 Å². The molecule has 7 heteroatoms. The Hall–Kier alpha value is -15.0. The molecule has 2 spiro atoms. The molecule has 1 aliphatic heterocycles. The highest BCUT2D eigenvalue weighted by molar-refractivity contribution is 7.00. The molecule has 0 amide bonds. The first-order valence-corrected chi connectivity index (χ1v) is 40.9. The molecular weight excluding hydrogens is 1440 g/mol. The molecule has 117 heavy (non-hydrogen) atoms. The minimum Gasteiger partial charge on any atom is -0.453 e. The normalized spacial score (nSPS) is 13.5. The van der Waals surface area contributed by atoms with Gasteiger partial charge in [0.2, 0.25) is 0 Å². The van der Waals surface area contributed by atoms with E-state index in [0.717, 1.165) is 107 Å². The number of anilines is 6. The predicted octanol–water partition coefficient (Wildman–Crippen LogP) is 28.9. The molecule has 5 aliphatic rings. The van der Waals surface area contributed by atoms with Crippen LogP contribution in [-0.4, -0.2) is 13.3 Å². The van der Waals surface area contributed by atoms with Gasteiger partial charge in [0.1, 0.15) is 11.0 Å². The van der Waals surface area contributed by atoms with Crippen molar-refractivity contribution in [3.8, 4) is 117 Å². The Morgan fingerprint density at radius 3 is 1.03 bits per heavy atom. The third kappa shape index (κ3) is 9.43. The van der Waals surface area contributed by atoms with Gasteiger partial charge in [0.25, 0.3) is 0 Å². The molecular formula is C110H67N5OS. The fourth-order valence-corrected chi connectivity index (χ4v) is 21.3. The molecule has 4 aliphatic carbocycles. The Bertz CT molecular complexity index is 7080. The zero-order valence-corrected chi connectivity index (χ0v) is 64.1. The van der Waals surface area contributed by atoms with Crippen molar-refractivity contribution in [2.45, 2.75) is 10.8 Å². The van der Waals surface area contributed by atoms with E-state index in [0.29, 0.717) is 0 Å². The van der Waals surface area contributed by atoms with Gasteiger partial charge in [-0.1, -0.05) is 285 Å². The van der Waals surface area contributed by atoms with E-state index < -0.39 is 10.8 Å². The van der Waals surface area contributed by atoms with Crippen LogP contribution in [0.3, 0.4) is 0 Å². The Kier molecular flexibility index (Phi) is 14.1. The summed E-state index contributed by atoms with van der Waals surface area (Å²) in [7, 11) is 0. The minimum atomic E-state index is -0.414. The summed E-state index contributed by atoms with van der Waals surface area (Å²) in [6.07, 6.45) is 0. The first-order chi connectivity index (χ1) is 58.0. The first kappa shape index (κ1) is 65.5. The Balaban J connectivity index is 0.580. The second-order valence-electron chi connectivity index (χ2n) is 31.4. The molecule has 0 radical (unpaired) electrons. The molecule has 0 N–H and O–H groups in total. The van der Waals surface area contributed by atoms with Crippen LogP contribution in [0.2, 0.25) is 0 Å². The van der Waals surface area contributed by atoms with E-state index in [2.05, 4.69) is 397 Å². The van der Waals surface area contributed by atoms with E-state index in [1.165, 1.54) is 134 Å². The zero-order valence-electron chi connectivity index (χ0n) is 63.2. The summed E-state index contributed by atoms with van der Waals surface area (Å²) in [6.45, 7) is 0. The van der Waals surface area contributed by atoms with Gasteiger partial charge in [-0.15, -0.1) is 0 Å². The summed E-state index contributed by atoms with van der Waals surface area (Å²) in [5.41, 5.74) is 42.8. The van der Waals surface area contributed by atoms with E-state index in [1.54, 1.807) is 0 Å². The summed E-state index contributed by atoms with van der Waals surface area (Å²) < 4.78 is 19.0. The number of nitrogens with zero attached hydrogens (tertiary/aromatic N) is 5. The minimum absolute atomic E-state index is 0.414. The highest BCUT2D eigenvalue weighted by atomic mass is 32.1. The Morgan fingerprint density at radius 1 is 0.248 bits per heavy atom. The van der Waals surface area contributed by atoms with Crippen molar-refractivity contribution in [1.82, 2.24) is 13.3 Å². The van der Waals surface area contributed by atoms with Crippen molar-refractivity contribution >= 4 is 78.7 Å². The van der Waals surface area contributed by atoms with Crippen molar-refractivity contribution < 1.29 is 4.74 Å². The summed E-state index contributed by atoms with van der Waals surface area (Å²) in [4.78, 5) is 4.56. The van der Waals surface area contributed by atoms with Crippen LogP contribution < -0.4 is 14.5 Å². The van der Waals surface area contributed by atoms with Gasteiger partial charge in [-0.2, -0.15) is 8.75 Å². The van der Waals surface area contributed by atoms with Gasteiger partial charge in [0.05, 0.1) is 50.7 Å². The zero-order chi connectivity index (χ0) is 76.6. The molecule has 0 fully saturated rings. The van der Waals surface area contributed by atoms with Gasteiger partial charge in [0.15, 0.2) is 11.5 Å². The smallest absolute Gasteiger partial charge is 0.151 e. The summed E-state index contributed by atoms with van der Waals surface area (Å²) >= 11 is 1.25. The molecule has 0 bridgehead atoms. The number of hydrogen-bond donors (Lipinski definition) is 0. The van der Waals surface area contributed by atoms with Gasteiger partial charge < -0.3 is 19.1 Å². The summed E-state index contributed by atoms with van der Waals surface area (Å²) in [5.74, 6) is 1.63. The van der Waals surface area contributed by atoms with Gasteiger partial charge in [-0.25, -0.2) is 0 Å². The predicted molar refractivity (Wildman–Crippen MR) is 481 cm³/mol. The van der Waals surface area contributed by atoms with Crippen LogP contribution in [0.5, 0.6) is 11.5 Å². The van der Waals surface area contributed by atoms with Crippen LogP contribution in [0.4, 0.5) is 34.1 Å². The van der Waals surface area contributed by atoms with E-state index in [4.69, 9.17) is 13.5 Å². The first-order valence-electron chi connectivity index (χ1n) is 40.2. The monoisotopic (exact) mass is 1510 g/mol. The van der Waals surface area contributed by atoms with Crippen LogP contribution in [0, 0.1) is 0 Å². The van der Waals surface area contributed by atoms with Gasteiger partial charge in [-0.3, -0.25) is 0 Å². The largest absolute Gasteiger partial charge is 0.453 e. The van der Waals surface area contributed by atoms with Crippen LogP contribution in [0.1, 0.15) is 44.5 Å². The highest BCUT2D eigenvalue weighted by Crippen LogP contribution is 2.65. The lowest BCUT2D eigenvalue weighted by atomic mass is 9.70. The maximum absolute atomic E-state index is 6.39. The van der Waals surface area contributed by atoms with Gasteiger partial charge >= 0.3 is 0 Å². The molecule has 20 aromatic rings. The number of hydrogen-bond acceptors (Lipinski definition) is 6. The van der Waals surface area contributed by atoms with E-state index in [-0.39, 0.29) is 0 Å². The van der Waals surface area contributed by atoms with Crippen molar-refractivity contribution in [2.75, 3.05) is 9.80 Å². The lowest BCUT2D eigenvalue weighted by Gasteiger charge is -2.33. The molecule has 18 aromatic carbocycles. The summed E-state index contributed by atoms with van der Waals surface area (Å²) in [5, 5.41) is 2.36. The molecule has 0 unspecified atom stereocenters. The number of ether oxygens (including phenoxy) is 1. The SMILES string of the molecule is c1ccc(N(c2ccc(N3c4ccccc4Oc4ccccc43)cc2)c2ccc(-c3ccc(-n4c5ccc(-c6ccc(-c7ccc8c(c7)C7(c9ccccc9-c9ccccc97)c7ccccc7-8)cc6)cc5c5cc(-c6ccc(-c7ccc8c(c7)C7(c9ccccc9-c9ccccc97)c7ccccc7-8)cc6)ccc54)cc3)c3nsnc23)cc1. The van der Waals surface area contributed by atoms with Crippen molar-refractivity contribution in [1.29, 1.82) is 0 Å². The summed E-state index contributed by atoms with van der Waals surface area (Å²) in [6, 6.07) is 151. The van der Waals surface area contributed by atoms with Crippen molar-refractivity contribution in [2.24, 2.45) is 0 Å². The topological polar surface area (TPSA) is 46.4 Å². The quantitative estimate of drug-likeness (QED) is 0.137. The fraction of sp³-hybridized carbons (Fsp3) is 0.0182.